The molecule has 0 unspecified atom stereocenters. The SMILES string of the molecule is CCCCN(C)C(=O)CCCOc1ccccc1C. The zero-order valence-electron chi connectivity index (χ0n) is 12.3. The van der Waals surface area contributed by atoms with Gasteiger partial charge in [0.2, 0.25) is 5.91 Å². The first-order chi connectivity index (χ1) is 9.15. The number of hydrogen-bond acceptors (Lipinski definition) is 2. The monoisotopic (exact) mass is 263 g/mol. The number of ether oxygens (including phenoxy) is 1. The topological polar surface area (TPSA) is 29.5 Å². The van der Waals surface area contributed by atoms with Crippen molar-refractivity contribution in [2.75, 3.05) is 20.2 Å². The summed E-state index contributed by atoms with van der Waals surface area (Å²) in [5, 5.41) is 0. The molecule has 0 N–H and O–H groups in total. The molecule has 0 spiro atoms. The molecule has 3 heteroatoms. The van der Waals surface area contributed by atoms with Gasteiger partial charge in [0.15, 0.2) is 0 Å². The van der Waals surface area contributed by atoms with Crippen LogP contribution in [0.2, 0.25) is 0 Å². The zero-order chi connectivity index (χ0) is 14.1. The molecule has 1 aromatic carbocycles. The summed E-state index contributed by atoms with van der Waals surface area (Å²) in [6, 6.07) is 7.95. The summed E-state index contributed by atoms with van der Waals surface area (Å²) in [7, 11) is 1.88. The molecular formula is C16H25NO2. The zero-order valence-corrected chi connectivity index (χ0v) is 12.3. The van der Waals surface area contributed by atoms with Gasteiger partial charge < -0.3 is 9.64 Å². The second-order valence-corrected chi connectivity index (χ2v) is 4.89. The quantitative estimate of drug-likeness (QED) is 0.673. The summed E-state index contributed by atoms with van der Waals surface area (Å²) in [4.78, 5) is 13.6. The Labute approximate surface area is 116 Å². The van der Waals surface area contributed by atoms with Crippen molar-refractivity contribution in [2.24, 2.45) is 0 Å². The number of amides is 1. The van der Waals surface area contributed by atoms with Crippen LogP contribution in [0.1, 0.15) is 38.2 Å². The molecule has 1 amide bonds. The van der Waals surface area contributed by atoms with Crippen LogP contribution in [0.4, 0.5) is 0 Å². The third kappa shape index (κ3) is 5.77. The molecular weight excluding hydrogens is 238 g/mol. The molecule has 0 radical (unpaired) electrons. The van der Waals surface area contributed by atoms with E-state index in [0.29, 0.717) is 13.0 Å². The van der Waals surface area contributed by atoms with E-state index in [9.17, 15) is 4.79 Å². The number of benzene rings is 1. The van der Waals surface area contributed by atoms with Crippen LogP contribution in [-0.4, -0.2) is 31.0 Å². The van der Waals surface area contributed by atoms with Gasteiger partial charge in [-0.3, -0.25) is 4.79 Å². The summed E-state index contributed by atoms with van der Waals surface area (Å²) in [5.74, 6) is 1.12. The third-order valence-corrected chi connectivity index (χ3v) is 3.16. The Hall–Kier alpha value is -1.51. The van der Waals surface area contributed by atoms with Crippen LogP contribution in [0.15, 0.2) is 24.3 Å². The molecule has 0 heterocycles. The molecule has 106 valence electrons. The highest BCUT2D eigenvalue weighted by atomic mass is 16.5. The van der Waals surface area contributed by atoms with E-state index in [1.54, 1.807) is 0 Å². The largest absolute Gasteiger partial charge is 0.493 e. The smallest absolute Gasteiger partial charge is 0.222 e. The second-order valence-electron chi connectivity index (χ2n) is 4.89. The predicted octanol–water partition coefficient (Wildman–Crippen LogP) is 3.41. The first-order valence-electron chi connectivity index (χ1n) is 7.07. The molecule has 0 bridgehead atoms. The average Bonchev–Trinajstić information content (AvgIpc) is 2.42. The lowest BCUT2D eigenvalue weighted by molar-refractivity contribution is -0.130. The van der Waals surface area contributed by atoms with Crippen LogP contribution in [0.25, 0.3) is 0 Å². The van der Waals surface area contributed by atoms with E-state index < -0.39 is 0 Å². The van der Waals surface area contributed by atoms with Crippen molar-refractivity contribution in [3.8, 4) is 5.75 Å². The van der Waals surface area contributed by atoms with Crippen molar-refractivity contribution in [3.05, 3.63) is 29.8 Å². The van der Waals surface area contributed by atoms with Crippen molar-refractivity contribution in [3.63, 3.8) is 0 Å². The molecule has 0 aromatic heterocycles. The van der Waals surface area contributed by atoms with Crippen LogP contribution >= 0.6 is 0 Å². The van der Waals surface area contributed by atoms with Crippen molar-refractivity contribution in [1.29, 1.82) is 0 Å². The van der Waals surface area contributed by atoms with Gasteiger partial charge in [0.05, 0.1) is 6.61 Å². The van der Waals surface area contributed by atoms with Gasteiger partial charge in [-0.15, -0.1) is 0 Å². The number of unbranched alkanes of at least 4 members (excludes halogenated alkanes) is 1. The maximum atomic E-state index is 11.8. The Bertz CT molecular complexity index is 390. The number of carbonyl (C=O) groups excluding carboxylic acids is 1. The number of para-hydroxylation sites is 1. The molecule has 0 fully saturated rings. The molecule has 0 saturated carbocycles. The van der Waals surface area contributed by atoms with E-state index in [4.69, 9.17) is 4.74 Å². The van der Waals surface area contributed by atoms with Crippen LogP contribution in [0.5, 0.6) is 5.75 Å². The van der Waals surface area contributed by atoms with E-state index in [1.807, 2.05) is 43.1 Å². The second kappa shape index (κ2) is 8.57. The van der Waals surface area contributed by atoms with E-state index in [0.717, 1.165) is 37.1 Å². The molecule has 0 aliphatic carbocycles. The lowest BCUT2D eigenvalue weighted by Crippen LogP contribution is -2.27. The minimum Gasteiger partial charge on any atom is -0.493 e. The predicted molar refractivity (Wildman–Crippen MR) is 78.5 cm³/mol. The van der Waals surface area contributed by atoms with Gasteiger partial charge in [-0.2, -0.15) is 0 Å². The maximum Gasteiger partial charge on any atom is 0.222 e. The normalized spacial score (nSPS) is 10.3. The Kier molecular flexibility index (Phi) is 7.01. The summed E-state index contributed by atoms with van der Waals surface area (Å²) >= 11 is 0. The number of carbonyl (C=O) groups is 1. The number of hydrogen-bond donors (Lipinski definition) is 0. The summed E-state index contributed by atoms with van der Waals surface area (Å²) in [6.45, 7) is 5.61. The first-order valence-corrected chi connectivity index (χ1v) is 7.07. The van der Waals surface area contributed by atoms with Gasteiger partial charge >= 0.3 is 0 Å². The van der Waals surface area contributed by atoms with Crippen molar-refractivity contribution in [1.82, 2.24) is 4.90 Å². The van der Waals surface area contributed by atoms with Crippen LogP contribution in [-0.2, 0) is 4.79 Å². The van der Waals surface area contributed by atoms with Gasteiger partial charge in [-0.1, -0.05) is 31.5 Å². The van der Waals surface area contributed by atoms with Crippen LogP contribution in [0.3, 0.4) is 0 Å². The van der Waals surface area contributed by atoms with Gasteiger partial charge in [0.1, 0.15) is 5.75 Å². The fourth-order valence-electron chi connectivity index (χ4n) is 1.83. The Morgan fingerprint density at radius 3 is 2.68 bits per heavy atom. The lowest BCUT2D eigenvalue weighted by atomic mass is 10.2. The third-order valence-electron chi connectivity index (χ3n) is 3.16. The fraction of sp³-hybridized carbons (Fsp3) is 0.562. The Morgan fingerprint density at radius 2 is 2.00 bits per heavy atom. The minimum atomic E-state index is 0.210. The minimum absolute atomic E-state index is 0.210. The molecule has 0 aliphatic heterocycles. The molecule has 3 nitrogen and oxygen atoms in total. The van der Waals surface area contributed by atoms with Gasteiger partial charge in [0, 0.05) is 20.0 Å². The fourth-order valence-corrected chi connectivity index (χ4v) is 1.83. The molecule has 0 saturated heterocycles. The van der Waals surface area contributed by atoms with Crippen LogP contribution in [0, 0.1) is 6.92 Å². The highest BCUT2D eigenvalue weighted by Gasteiger charge is 2.07. The molecule has 1 rings (SSSR count). The molecule has 0 atom stereocenters. The highest BCUT2D eigenvalue weighted by molar-refractivity contribution is 5.75. The first kappa shape index (κ1) is 15.5. The van der Waals surface area contributed by atoms with E-state index in [-0.39, 0.29) is 5.91 Å². The standard InChI is InChI=1S/C16H25NO2/c1-4-5-12-17(3)16(18)11-8-13-19-15-10-7-6-9-14(15)2/h6-7,9-10H,4-5,8,11-13H2,1-3H3. The Balaban J connectivity index is 2.20. The van der Waals surface area contributed by atoms with Gasteiger partial charge in [0.25, 0.3) is 0 Å². The van der Waals surface area contributed by atoms with E-state index in [2.05, 4.69) is 6.92 Å². The maximum absolute atomic E-state index is 11.8. The molecule has 1 aromatic rings. The van der Waals surface area contributed by atoms with Crippen molar-refractivity contribution < 1.29 is 9.53 Å². The number of rotatable bonds is 8. The van der Waals surface area contributed by atoms with Crippen molar-refractivity contribution in [2.45, 2.75) is 39.5 Å². The number of aryl methyl sites for hydroxylation is 1. The number of nitrogens with zero attached hydrogens (tertiary/aromatic N) is 1. The van der Waals surface area contributed by atoms with Crippen molar-refractivity contribution >= 4 is 5.91 Å². The molecule has 19 heavy (non-hydrogen) atoms. The van der Waals surface area contributed by atoms with E-state index in [1.165, 1.54) is 0 Å². The average molecular weight is 263 g/mol. The van der Waals surface area contributed by atoms with E-state index >= 15 is 0 Å². The molecule has 0 aliphatic rings. The van der Waals surface area contributed by atoms with Gasteiger partial charge in [-0.05, 0) is 31.4 Å². The summed E-state index contributed by atoms with van der Waals surface area (Å²) in [5.41, 5.74) is 1.13. The van der Waals surface area contributed by atoms with Crippen LogP contribution < -0.4 is 4.74 Å². The lowest BCUT2D eigenvalue weighted by Gasteiger charge is -2.16. The Morgan fingerprint density at radius 1 is 1.26 bits per heavy atom. The highest BCUT2D eigenvalue weighted by Crippen LogP contribution is 2.16. The van der Waals surface area contributed by atoms with Gasteiger partial charge in [-0.25, -0.2) is 0 Å². The summed E-state index contributed by atoms with van der Waals surface area (Å²) in [6.07, 6.45) is 3.52. The summed E-state index contributed by atoms with van der Waals surface area (Å²) < 4.78 is 5.68.